The third kappa shape index (κ3) is 3.27. The average Bonchev–Trinajstić information content (AvgIpc) is 2.39. The van der Waals surface area contributed by atoms with Gasteiger partial charge in [0, 0.05) is 11.6 Å². The van der Waals surface area contributed by atoms with Gasteiger partial charge in [0.25, 0.3) is 5.91 Å². The summed E-state index contributed by atoms with van der Waals surface area (Å²) in [6.45, 7) is 3.80. The monoisotopic (exact) mass is 280 g/mol. The second kappa shape index (κ2) is 5.91. The van der Waals surface area contributed by atoms with Crippen LogP contribution in [0.4, 0.5) is 0 Å². The van der Waals surface area contributed by atoms with Gasteiger partial charge >= 0.3 is 0 Å². The van der Waals surface area contributed by atoms with Crippen LogP contribution in [0.5, 0.6) is 0 Å². The summed E-state index contributed by atoms with van der Waals surface area (Å²) in [7, 11) is 0. The number of rotatable bonds is 3. The minimum absolute atomic E-state index is 0.0486. The van der Waals surface area contributed by atoms with E-state index in [0.29, 0.717) is 11.4 Å². The summed E-state index contributed by atoms with van der Waals surface area (Å²) in [5, 5.41) is 3.15. The maximum atomic E-state index is 12.4. The first kappa shape index (κ1) is 14.3. The van der Waals surface area contributed by atoms with E-state index in [4.69, 9.17) is 11.6 Å². The molecule has 0 bridgehead atoms. The molecule has 0 aliphatic heterocycles. The van der Waals surface area contributed by atoms with Gasteiger partial charge in [0.15, 0.2) is 0 Å². The molecule has 3 nitrogen and oxygen atoms in total. The largest absolute Gasteiger partial charge is 0.345 e. The molecule has 0 saturated heterocycles. The van der Waals surface area contributed by atoms with Gasteiger partial charge in [0.2, 0.25) is 0 Å². The van der Waals surface area contributed by atoms with Gasteiger partial charge in [-0.1, -0.05) is 19.3 Å². The smallest absolute Gasteiger partial charge is 0.253 e. The fourth-order valence-corrected chi connectivity index (χ4v) is 3.09. The minimum Gasteiger partial charge on any atom is -0.345 e. The molecule has 0 unspecified atom stereocenters. The van der Waals surface area contributed by atoms with Gasteiger partial charge in [-0.3, -0.25) is 9.78 Å². The molecule has 1 N–H and O–H groups in total. The van der Waals surface area contributed by atoms with Crippen molar-refractivity contribution in [1.82, 2.24) is 10.3 Å². The van der Waals surface area contributed by atoms with Crippen molar-refractivity contribution in [2.45, 2.75) is 51.5 Å². The van der Waals surface area contributed by atoms with Crippen molar-refractivity contribution in [3.63, 3.8) is 0 Å². The van der Waals surface area contributed by atoms with Crippen LogP contribution in [0.2, 0.25) is 0 Å². The normalized spacial score (nSPS) is 18.1. The number of nitrogens with zero attached hydrogens (tertiary/aromatic N) is 1. The van der Waals surface area contributed by atoms with Crippen LogP contribution in [-0.4, -0.2) is 22.3 Å². The van der Waals surface area contributed by atoms with Gasteiger partial charge in [-0.15, -0.1) is 11.6 Å². The lowest BCUT2D eigenvalue weighted by Gasteiger charge is -2.36. The van der Waals surface area contributed by atoms with E-state index < -0.39 is 0 Å². The van der Waals surface area contributed by atoms with Crippen molar-refractivity contribution in [3.05, 3.63) is 29.1 Å². The minimum atomic E-state index is -0.228. The first-order chi connectivity index (χ1) is 9.06. The number of aryl methyl sites for hydroxylation is 2. The van der Waals surface area contributed by atoms with E-state index in [1.54, 1.807) is 0 Å². The number of hydrogen-bond acceptors (Lipinski definition) is 2. The zero-order valence-corrected chi connectivity index (χ0v) is 12.4. The lowest BCUT2D eigenvalue weighted by atomic mass is 9.83. The molecule has 0 radical (unpaired) electrons. The summed E-state index contributed by atoms with van der Waals surface area (Å²) in [6, 6.07) is 3.72. The molecule has 1 aromatic heterocycles. The van der Waals surface area contributed by atoms with Gasteiger partial charge < -0.3 is 5.32 Å². The van der Waals surface area contributed by atoms with Gasteiger partial charge in [0.05, 0.1) is 16.8 Å². The Kier molecular flexibility index (Phi) is 4.46. The molecule has 104 valence electrons. The van der Waals surface area contributed by atoms with Crippen LogP contribution in [-0.2, 0) is 0 Å². The third-order valence-corrected chi connectivity index (χ3v) is 4.43. The number of hydrogen-bond donors (Lipinski definition) is 1. The third-order valence-electron chi connectivity index (χ3n) is 3.91. The van der Waals surface area contributed by atoms with E-state index >= 15 is 0 Å². The van der Waals surface area contributed by atoms with E-state index in [-0.39, 0.29) is 11.4 Å². The van der Waals surface area contributed by atoms with Crippen LogP contribution < -0.4 is 5.32 Å². The van der Waals surface area contributed by atoms with Crippen molar-refractivity contribution < 1.29 is 4.79 Å². The average molecular weight is 281 g/mol. The van der Waals surface area contributed by atoms with Gasteiger partial charge in [0.1, 0.15) is 0 Å². The highest BCUT2D eigenvalue weighted by Gasteiger charge is 2.33. The highest BCUT2D eigenvalue weighted by atomic mass is 35.5. The number of carbonyl (C=O) groups excluding carboxylic acids is 1. The Morgan fingerprint density at radius 3 is 2.58 bits per heavy atom. The maximum Gasteiger partial charge on any atom is 0.253 e. The number of aromatic nitrogens is 1. The Bertz CT molecular complexity index is 467. The standard InChI is InChI=1S/C15H21ClN2O/c1-11-6-7-13(12(2)17-11)14(19)18-15(10-16)8-4-3-5-9-15/h6-7H,3-5,8-10H2,1-2H3,(H,18,19). The Balaban J connectivity index is 2.15. The SMILES string of the molecule is Cc1ccc(C(=O)NC2(CCl)CCCCC2)c(C)n1. The predicted octanol–water partition coefficient (Wildman–Crippen LogP) is 3.37. The van der Waals surface area contributed by atoms with Crippen LogP contribution >= 0.6 is 11.6 Å². The summed E-state index contributed by atoms with van der Waals surface area (Å²) < 4.78 is 0. The Morgan fingerprint density at radius 1 is 1.32 bits per heavy atom. The maximum absolute atomic E-state index is 12.4. The quantitative estimate of drug-likeness (QED) is 0.863. The first-order valence-electron chi connectivity index (χ1n) is 6.89. The Hall–Kier alpha value is -1.09. The highest BCUT2D eigenvalue weighted by Crippen LogP contribution is 2.29. The number of nitrogens with one attached hydrogen (secondary N) is 1. The molecular formula is C15H21ClN2O. The van der Waals surface area contributed by atoms with Gasteiger partial charge in [-0.2, -0.15) is 0 Å². The van der Waals surface area contributed by atoms with Gasteiger partial charge in [-0.05, 0) is 38.8 Å². The molecule has 0 aromatic carbocycles. The number of alkyl halides is 1. The van der Waals surface area contributed by atoms with E-state index in [1.807, 2.05) is 26.0 Å². The van der Waals surface area contributed by atoms with E-state index in [1.165, 1.54) is 6.42 Å². The number of halogens is 1. The number of amides is 1. The fraction of sp³-hybridized carbons (Fsp3) is 0.600. The van der Waals surface area contributed by atoms with E-state index in [0.717, 1.165) is 37.1 Å². The first-order valence-corrected chi connectivity index (χ1v) is 7.42. The second-order valence-corrected chi connectivity index (χ2v) is 5.78. The van der Waals surface area contributed by atoms with Crippen molar-refractivity contribution >= 4 is 17.5 Å². The van der Waals surface area contributed by atoms with Crippen LogP contribution in [0, 0.1) is 13.8 Å². The molecule has 1 aliphatic carbocycles. The molecule has 1 amide bonds. The predicted molar refractivity (Wildman–Crippen MR) is 77.7 cm³/mol. The molecule has 4 heteroatoms. The molecule has 2 rings (SSSR count). The van der Waals surface area contributed by atoms with Crippen molar-refractivity contribution in [2.75, 3.05) is 5.88 Å². The lowest BCUT2D eigenvalue weighted by Crippen LogP contribution is -2.51. The van der Waals surface area contributed by atoms with Crippen LogP contribution in [0.15, 0.2) is 12.1 Å². The van der Waals surface area contributed by atoms with Crippen LogP contribution in [0.25, 0.3) is 0 Å². The Morgan fingerprint density at radius 2 is 2.00 bits per heavy atom. The summed E-state index contributed by atoms with van der Waals surface area (Å²) in [5.41, 5.74) is 2.13. The number of carbonyl (C=O) groups is 1. The summed E-state index contributed by atoms with van der Waals surface area (Å²) >= 11 is 6.10. The topological polar surface area (TPSA) is 42.0 Å². The molecule has 19 heavy (non-hydrogen) atoms. The summed E-state index contributed by atoms with van der Waals surface area (Å²) in [5.74, 6) is 0.435. The molecule has 1 aromatic rings. The molecule has 0 atom stereocenters. The number of pyridine rings is 1. The van der Waals surface area contributed by atoms with Crippen LogP contribution in [0.3, 0.4) is 0 Å². The van der Waals surface area contributed by atoms with Gasteiger partial charge in [-0.25, -0.2) is 0 Å². The van der Waals surface area contributed by atoms with Crippen molar-refractivity contribution in [1.29, 1.82) is 0 Å². The lowest BCUT2D eigenvalue weighted by molar-refractivity contribution is 0.0883. The molecule has 1 saturated carbocycles. The second-order valence-electron chi connectivity index (χ2n) is 5.51. The van der Waals surface area contributed by atoms with E-state index in [9.17, 15) is 4.79 Å². The zero-order valence-electron chi connectivity index (χ0n) is 11.6. The van der Waals surface area contributed by atoms with E-state index in [2.05, 4.69) is 10.3 Å². The highest BCUT2D eigenvalue weighted by molar-refractivity contribution is 6.19. The van der Waals surface area contributed by atoms with Crippen molar-refractivity contribution in [2.24, 2.45) is 0 Å². The summed E-state index contributed by atoms with van der Waals surface area (Å²) in [4.78, 5) is 16.7. The fourth-order valence-electron chi connectivity index (χ4n) is 2.76. The Labute approximate surface area is 119 Å². The zero-order chi connectivity index (χ0) is 13.9. The summed E-state index contributed by atoms with van der Waals surface area (Å²) in [6.07, 6.45) is 5.46. The van der Waals surface area contributed by atoms with Crippen molar-refractivity contribution in [3.8, 4) is 0 Å². The molecule has 1 heterocycles. The molecule has 1 aliphatic rings. The molecular weight excluding hydrogens is 260 g/mol. The molecule has 1 fully saturated rings. The van der Waals surface area contributed by atoms with Crippen LogP contribution in [0.1, 0.15) is 53.8 Å². The molecule has 0 spiro atoms.